The number of aromatic hydroxyl groups is 1. The van der Waals surface area contributed by atoms with Gasteiger partial charge in [-0.25, -0.2) is 0 Å². The van der Waals surface area contributed by atoms with E-state index in [0.29, 0.717) is 23.3 Å². The Labute approximate surface area is 187 Å². The average Bonchev–Trinajstić information content (AvgIpc) is 3.31. The molecule has 0 heterocycles. The van der Waals surface area contributed by atoms with Crippen LogP contribution in [0.25, 0.3) is 0 Å². The van der Waals surface area contributed by atoms with Crippen molar-refractivity contribution in [2.24, 2.45) is 28.6 Å². The summed E-state index contributed by atoms with van der Waals surface area (Å²) >= 11 is 0. The first-order chi connectivity index (χ1) is 14.7. The minimum atomic E-state index is -0.771. The number of phenolic OH excluding ortho intramolecular Hbond substituents is 1. The topological polar surface area (TPSA) is 58.9 Å². The van der Waals surface area contributed by atoms with E-state index in [4.69, 9.17) is 9.47 Å². The van der Waals surface area contributed by atoms with E-state index < -0.39 is 5.60 Å². The molecule has 1 aromatic carbocycles. The van der Waals surface area contributed by atoms with Crippen molar-refractivity contribution in [2.45, 2.75) is 89.8 Å². The molecule has 31 heavy (non-hydrogen) atoms. The van der Waals surface area contributed by atoms with Crippen LogP contribution < -0.4 is 4.74 Å². The molecule has 0 saturated heterocycles. The lowest BCUT2D eigenvalue weighted by atomic mass is 9.41. The molecule has 4 aliphatic rings. The third kappa shape index (κ3) is 2.20. The molecule has 8 unspecified atom stereocenters. The molecule has 172 valence electrons. The van der Waals surface area contributed by atoms with Gasteiger partial charge in [-0.2, -0.15) is 0 Å². The van der Waals surface area contributed by atoms with Gasteiger partial charge >= 0.3 is 0 Å². The zero-order valence-electron chi connectivity index (χ0n) is 20.1. The summed E-state index contributed by atoms with van der Waals surface area (Å²) in [6.45, 7) is 8.98. The maximum absolute atomic E-state index is 11.9. The van der Waals surface area contributed by atoms with E-state index in [-0.39, 0.29) is 28.3 Å². The molecule has 8 atom stereocenters. The predicted molar refractivity (Wildman–Crippen MR) is 122 cm³/mol. The van der Waals surface area contributed by atoms with Crippen molar-refractivity contribution in [3.8, 4) is 11.5 Å². The summed E-state index contributed by atoms with van der Waals surface area (Å²) in [4.78, 5) is 0. The fourth-order valence-corrected chi connectivity index (χ4v) is 9.58. The highest BCUT2D eigenvalue weighted by Gasteiger charge is 2.89. The number of hydrogen-bond acceptors (Lipinski definition) is 4. The van der Waals surface area contributed by atoms with E-state index in [0.717, 1.165) is 44.1 Å². The van der Waals surface area contributed by atoms with Gasteiger partial charge in [-0.3, -0.25) is 0 Å². The van der Waals surface area contributed by atoms with E-state index in [9.17, 15) is 10.2 Å². The summed E-state index contributed by atoms with van der Waals surface area (Å²) in [7, 11) is 3.45. The number of phenols is 1. The normalized spacial score (nSPS) is 44.1. The molecule has 0 spiro atoms. The highest BCUT2D eigenvalue weighted by Crippen LogP contribution is 2.87. The lowest BCUT2D eigenvalue weighted by Gasteiger charge is -2.62. The van der Waals surface area contributed by atoms with Crippen LogP contribution in [0.4, 0.5) is 0 Å². The van der Waals surface area contributed by atoms with Crippen molar-refractivity contribution in [3.05, 3.63) is 23.3 Å². The fraction of sp³-hybridized carbons (Fsp3) is 0.778. The quantitative estimate of drug-likeness (QED) is 0.652. The van der Waals surface area contributed by atoms with Gasteiger partial charge in [0.05, 0.1) is 18.8 Å². The first-order valence-corrected chi connectivity index (χ1v) is 12.4. The second-order valence-corrected chi connectivity index (χ2v) is 11.3. The molecule has 0 aromatic heterocycles. The Morgan fingerprint density at radius 2 is 1.97 bits per heavy atom. The fourth-order valence-electron chi connectivity index (χ4n) is 9.58. The molecule has 0 amide bonds. The number of fused-ring (bicyclic) bond motifs is 2. The Kier molecular flexibility index (Phi) is 4.62. The van der Waals surface area contributed by atoms with E-state index >= 15 is 0 Å². The van der Waals surface area contributed by atoms with Crippen LogP contribution in [0, 0.1) is 28.6 Å². The van der Waals surface area contributed by atoms with Crippen molar-refractivity contribution in [1.29, 1.82) is 0 Å². The molecular formula is C27H40O4. The van der Waals surface area contributed by atoms with Crippen molar-refractivity contribution >= 4 is 0 Å². The van der Waals surface area contributed by atoms with Crippen LogP contribution in [0.15, 0.2) is 12.1 Å². The Hall–Kier alpha value is -1.26. The van der Waals surface area contributed by atoms with Gasteiger partial charge in [-0.1, -0.05) is 33.3 Å². The van der Waals surface area contributed by atoms with Crippen molar-refractivity contribution < 1.29 is 19.7 Å². The van der Waals surface area contributed by atoms with Crippen LogP contribution in [0.5, 0.6) is 11.5 Å². The first-order valence-electron chi connectivity index (χ1n) is 12.4. The van der Waals surface area contributed by atoms with E-state index in [1.165, 1.54) is 12.0 Å². The minimum absolute atomic E-state index is 0.0410. The van der Waals surface area contributed by atoms with E-state index in [2.05, 4.69) is 33.8 Å². The van der Waals surface area contributed by atoms with Gasteiger partial charge in [0, 0.05) is 29.4 Å². The summed E-state index contributed by atoms with van der Waals surface area (Å²) in [5.74, 6) is 2.36. The molecular weight excluding hydrogens is 388 g/mol. The maximum Gasteiger partial charge on any atom is 0.161 e. The van der Waals surface area contributed by atoms with Gasteiger partial charge in [0.25, 0.3) is 0 Å². The number of hydrogen-bond donors (Lipinski definition) is 2. The lowest BCUT2D eigenvalue weighted by molar-refractivity contribution is -0.0983. The molecule has 5 rings (SSSR count). The zero-order chi connectivity index (χ0) is 22.4. The summed E-state index contributed by atoms with van der Waals surface area (Å²) in [5, 5.41) is 23.4. The lowest BCUT2D eigenvalue weighted by Crippen LogP contribution is -2.59. The van der Waals surface area contributed by atoms with Gasteiger partial charge in [-0.15, -0.1) is 0 Å². The molecule has 4 nitrogen and oxygen atoms in total. The number of benzene rings is 1. The second-order valence-electron chi connectivity index (χ2n) is 11.3. The summed E-state index contributed by atoms with van der Waals surface area (Å²) in [5.41, 5.74) is 1.31. The third-order valence-corrected chi connectivity index (χ3v) is 10.6. The van der Waals surface area contributed by atoms with Crippen molar-refractivity contribution in [1.82, 2.24) is 0 Å². The van der Waals surface area contributed by atoms with Crippen LogP contribution in [0.2, 0.25) is 0 Å². The Bertz CT molecular complexity index is 893. The summed E-state index contributed by atoms with van der Waals surface area (Å²) in [6.07, 6.45) is 7.10. The van der Waals surface area contributed by atoms with Crippen LogP contribution in [-0.2, 0) is 16.6 Å². The smallest absolute Gasteiger partial charge is 0.161 e. The standard InChI is InChI=1S/C27H40O4/c1-7-12-24(4,29)27-15-25(8-2)18-14-17-9-10-19(30-5)21(28)20(17)26(25,13-11-16(18)3)22(27)23(27)31-6/h9-10,16,18,22-23,28-29H,7-8,11-15H2,1-6H3. The maximum atomic E-state index is 11.9. The number of methoxy groups -OCH3 is 2. The molecule has 0 radical (unpaired) electrons. The van der Waals surface area contributed by atoms with E-state index in [1.807, 2.05) is 13.2 Å². The number of rotatable bonds is 6. The van der Waals surface area contributed by atoms with Gasteiger partial charge in [0.2, 0.25) is 0 Å². The number of aliphatic hydroxyl groups is 1. The van der Waals surface area contributed by atoms with Crippen LogP contribution in [-0.4, -0.2) is 36.1 Å². The molecule has 3 fully saturated rings. The first kappa shape index (κ1) is 21.6. The average molecular weight is 429 g/mol. The van der Waals surface area contributed by atoms with Gasteiger partial charge in [0.1, 0.15) is 0 Å². The Morgan fingerprint density at radius 3 is 2.58 bits per heavy atom. The zero-order valence-corrected chi connectivity index (χ0v) is 20.1. The van der Waals surface area contributed by atoms with Crippen LogP contribution in [0.3, 0.4) is 0 Å². The Morgan fingerprint density at radius 1 is 1.23 bits per heavy atom. The largest absolute Gasteiger partial charge is 0.504 e. The highest BCUT2D eigenvalue weighted by atomic mass is 16.5. The molecule has 4 heteroatoms. The van der Waals surface area contributed by atoms with Crippen LogP contribution in [0.1, 0.15) is 77.3 Å². The van der Waals surface area contributed by atoms with Crippen LogP contribution >= 0.6 is 0 Å². The molecule has 2 bridgehead atoms. The minimum Gasteiger partial charge on any atom is -0.504 e. The van der Waals surface area contributed by atoms with Gasteiger partial charge < -0.3 is 19.7 Å². The van der Waals surface area contributed by atoms with Gasteiger partial charge in [-0.05, 0) is 74.3 Å². The molecule has 1 aromatic rings. The predicted octanol–water partition coefficient (Wildman–Crippen LogP) is 5.22. The van der Waals surface area contributed by atoms with Crippen molar-refractivity contribution in [3.63, 3.8) is 0 Å². The SMILES string of the molecule is CCCC(C)(O)C12CC3(CC)C4Cc5ccc(OC)c(O)c5C3(CCC4C)C1C2OC. The summed E-state index contributed by atoms with van der Waals surface area (Å²) in [6, 6.07) is 4.12. The van der Waals surface area contributed by atoms with E-state index in [1.54, 1.807) is 7.11 Å². The Balaban J connectivity index is 1.81. The molecule has 4 aliphatic carbocycles. The second kappa shape index (κ2) is 6.63. The van der Waals surface area contributed by atoms with Crippen molar-refractivity contribution in [2.75, 3.05) is 14.2 Å². The molecule has 2 N–H and O–H groups in total. The molecule has 0 aliphatic heterocycles. The van der Waals surface area contributed by atoms with Gasteiger partial charge in [0.15, 0.2) is 11.5 Å². The highest BCUT2D eigenvalue weighted by molar-refractivity contribution is 5.61. The molecule has 3 saturated carbocycles. The number of ether oxygens (including phenoxy) is 2. The summed E-state index contributed by atoms with van der Waals surface area (Å²) < 4.78 is 11.7. The third-order valence-electron chi connectivity index (χ3n) is 10.6. The monoisotopic (exact) mass is 428 g/mol.